The van der Waals surface area contributed by atoms with E-state index >= 15 is 0 Å². The maximum absolute atomic E-state index is 4.26. The van der Waals surface area contributed by atoms with Crippen molar-refractivity contribution in [3.63, 3.8) is 0 Å². The van der Waals surface area contributed by atoms with E-state index < -0.39 is 0 Å². The lowest BCUT2D eigenvalue weighted by Crippen LogP contribution is -1.97. The SMILES string of the molecule is c1csc(-c2ccc(-n3nccn3)cc2)n1. The molecule has 0 N–H and O–H groups in total. The summed E-state index contributed by atoms with van der Waals surface area (Å²) < 4.78 is 0. The summed E-state index contributed by atoms with van der Waals surface area (Å²) in [5.74, 6) is 0. The Morgan fingerprint density at radius 1 is 0.938 bits per heavy atom. The smallest absolute Gasteiger partial charge is 0.123 e. The van der Waals surface area contributed by atoms with Gasteiger partial charge in [-0.15, -0.1) is 11.3 Å². The molecule has 0 bridgehead atoms. The molecule has 2 aromatic heterocycles. The van der Waals surface area contributed by atoms with Gasteiger partial charge >= 0.3 is 0 Å². The minimum Gasteiger partial charge on any atom is -0.245 e. The first-order valence-electron chi connectivity index (χ1n) is 4.80. The molecule has 16 heavy (non-hydrogen) atoms. The minimum absolute atomic E-state index is 0.949. The molecular weight excluding hydrogens is 220 g/mol. The van der Waals surface area contributed by atoms with E-state index in [1.165, 1.54) is 0 Å². The van der Waals surface area contributed by atoms with Crippen molar-refractivity contribution in [3.05, 3.63) is 48.2 Å². The third-order valence-corrected chi connectivity index (χ3v) is 3.02. The summed E-state index contributed by atoms with van der Waals surface area (Å²) in [6.07, 6.45) is 5.13. The average molecular weight is 228 g/mol. The third kappa shape index (κ3) is 1.61. The van der Waals surface area contributed by atoms with Crippen molar-refractivity contribution in [2.75, 3.05) is 0 Å². The lowest BCUT2D eigenvalue weighted by molar-refractivity contribution is 0.752. The number of hydrogen-bond acceptors (Lipinski definition) is 4. The first-order valence-corrected chi connectivity index (χ1v) is 5.68. The van der Waals surface area contributed by atoms with Crippen LogP contribution in [-0.2, 0) is 0 Å². The number of thiazole rings is 1. The molecule has 0 atom stereocenters. The second-order valence-corrected chi connectivity index (χ2v) is 4.10. The molecule has 0 radical (unpaired) electrons. The quantitative estimate of drug-likeness (QED) is 0.676. The fourth-order valence-corrected chi connectivity index (χ4v) is 2.10. The fourth-order valence-electron chi connectivity index (χ4n) is 1.45. The van der Waals surface area contributed by atoms with Crippen LogP contribution in [0.1, 0.15) is 0 Å². The van der Waals surface area contributed by atoms with Crippen LogP contribution in [0.5, 0.6) is 0 Å². The van der Waals surface area contributed by atoms with E-state index in [2.05, 4.69) is 15.2 Å². The molecule has 4 nitrogen and oxygen atoms in total. The molecule has 0 aliphatic rings. The van der Waals surface area contributed by atoms with Gasteiger partial charge in [-0.2, -0.15) is 15.0 Å². The van der Waals surface area contributed by atoms with Crippen molar-refractivity contribution in [3.8, 4) is 16.3 Å². The van der Waals surface area contributed by atoms with Gasteiger partial charge in [-0.1, -0.05) is 0 Å². The molecule has 0 aliphatic heterocycles. The second-order valence-electron chi connectivity index (χ2n) is 3.20. The van der Waals surface area contributed by atoms with E-state index in [9.17, 15) is 0 Å². The molecule has 0 spiro atoms. The van der Waals surface area contributed by atoms with Crippen LogP contribution in [-0.4, -0.2) is 20.0 Å². The summed E-state index contributed by atoms with van der Waals surface area (Å²) >= 11 is 1.63. The van der Waals surface area contributed by atoms with Crippen LogP contribution in [0, 0.1) is 0 Å². The lowest BCUT2D eigenvalue weighted by atomic mass is 10.2. The average Bonchev–Trinajstić information content (AvgIpc) is 3.03. The summed E-state index contributed by atoms with van der Waals surface area (Å²) in [5, 5.41) is 11.1. The van der Waals surface area contributed by atoms with Gasteiger partial charge in [0.05, 0.1) is 18.1 Å². The number of aromatic nitrogens is 4. The predicted octanol–water partition coefficient (Wildman–Crippen LogP) is 2.39. The highest BCUT2D eigenvalue weighted by Gasteiger charge is 2.01. The van der Waals surface area contributed by atoms with Gasteiger partial charge in [-0.05, 0) is 24.3 Å². The van der Waals surface area contributed by atoms with Gasteiger partial charge in [0, 0.05) is 17.1 Å². The van der Waals surface area contributed by atoms with Gasteiger partial charge in [-0.25, -0.2) is 4.98 Å². The largest absolute Gasteiger partial charge is 0.245 e. The second kappa shape index (κ2) is 3.86. The highest BCUT2D eigenvalue weighted by Crippen LogP contribution is 2.22. The van der Waals surface area contributed by atoms with E-state index in [0.29, 0.717) is 0 Å². The molecule has 0 saturated heterocycles. The van der Waals surface area contributed by atoms with E-state index in [4.69, 9.17) is 0 Å². The number of hydrogen-bond donors (Lipinski definition) is 0. The lowest BCUT2D eigenvalue weighted by Gasteiger charge is -2.00. The zero-order valence-corrected chi connectivity index (χ0v) is 9.13. The van der Waals surface area contributed by atoms with Crippen LogP contribution in [0.4, 0.5) is 0 Å². The minimum atomic E-state index is 0.949. The Morgan fingerprint density at radius 2 is 1.69 bits per heavy atom. The molecule has 0 unspecified atom stereocenters. The van der Waals surface area contributed by atoms with E-state index in [0.717, 1.165) is 16.3 Å². The monoisotopic (exact) mass is 228 g/mol. The van der Waals surface area contributed by atoms with Crippen molar-refractivity contribution in [2.24, 2.45) is 0 Å². The zero-order chi connectivity index (χ0) is 10.8. The van der Waals surface area contributed by atoms with Crippen molar-refractivity contribution < 1.29 is 0 Å². The van der Waals surface area contributed by atoms with Gasteiger partial charge in [0.2, 0.25) is 0 Å². The van der Waals surface area contributed by atoms with Crippen LogP contribution >= 0.6 is 11.3 Å². The molecule has 0 saturated carbocycles. The summed E-state index contributed by atoms with van der Waals surface area (Å²) in [6, 6.07) is 8.02. The van der Waals surface area contributed by atoms with E-state index in [1.54, 1.807) is 28.5 Å². The molecule has 2 heterocycles. The van der Waals surface area contributed by atoms with Crippen molar-refractivity contribution in [2.45, 2.75) is 0 Å². The highest BCUT2D eigenvalue weighted by molar-refractivity contribution is 7.13. The van der Waals surface area contributed by atoms with Crippen LogP contribution in [0.2, 0.25) is 0 Å². The number of nitrogens with zero attached hydrogens (tertiary/aromatic N) is 4. The Labute approximate surface area is 96.2 Å². The third-order valence-electron chi connectivity index (χ3n) is 2.20. The molecule has 0 amide bonds. The Balaban J connectivity index is 1.97. The summed E-state index contributed by atoms with van der Waals surface area (Å²) in [4.78, 5) is 5.85. The highest BCUT2D eigenvalue weighted by atomic mass is 32.1. The van der Waals surface area contributed by atoms with Crippen LogP contribution < -0.4 is 0 Å². The van der Waals surface area contributed by atoms with Crippen molar-refractivity contribution in [1.82, 2.24) is 20.0 Å². The van der Waals surface area contributed by atoms with Crippen LogP contribution in [0.25, 0.3) is 16.3 Å². The standard InChI is InChI=1S/C11H8N4S/c1-3-10(15-13-5-6-14-15)4-2-9(1)11-12-7-8-16-11/h1-8H. The number of rotatable bonds is 2. The van der Waals surface area contributed by atoms with Crippen LogP contribution in [0.3, 0.4) is 0 Å². The molecule has 0 fully saturated rings. The molecule has 78 valence electrons. The van der Waals surface area contributed by atoms with Crippen molar-refractivity contribution >= 4 is 11.3 Å². The molecule has 0 aliphatic carbocycles. The summed E-state index contributed by atoms with van der Waals surface area (Å²) in [5.41, 5.74) is 2.07. The molecule has 5 heteroatoms. The van der Waals surface area contributed by atoms with Gasteiger partial charge in [0.15, 0.2) is 0 Å². The maximum atomic E-state index is 4.26. The Hall–Kier alpha value is -2.01. The van der Waals surface area contributed by atoms with Gasteiger partial charge < -0.3 is 0 Å². The first kappa shape index (κ1) is 9.23. The van der Waals surface area contributed by atoms with Gasteiger partial charge in [0.1, 0.15) is 5.01 Å². The number of benzene rings is 1. The zero-order valence-electron chi connectivity index (χ0n) is 8.32. The molecular formula is C11H8N4S. The van der Waals surface area contributed by atoms with Gasteiger partial charge in [-0.3, -0.25) is 0 Å². The first-order chi connectivity index (χ1) is 7.93. The van der Waals surface area contributed by atoms with Crippen molar-refractivity contribution in [1.29, 1.82) is 0 Å². The Bertz CT molecular complexity index is 501. The Kier molecular flexibility index (Phi) is 2.23. The fraction of sp³-hybridized carbons (Fsp3) is 0. The molecule has 3 aromatic rings. The summed E-state index contributed by atoms with van der Waals surface area (Å²) in [7, 11) is 0. The van der Waals surface area contributed by atoms with E-state index in [-0.39, 0.29) is 0 Å². The normalized spacial score (nSPS) is 10.5. The molecule has 3 rings (SSSR count). The Morgan fingerprint density at radius 3 is 2.31 bits per heavy atom. The predicted molar refractivity (Wildman–Crippen MR) is 62.5 cm³/mol. The maximum Gasteiger partial charge on any atom is 0.123 e. The van der Waals surface area contributed by atoms with E-state index in [1.807, 2.05) is 35.8 Å². The van der Waals surface area contributed by atoms with Gasteiger partial charge in [0.25, 0.3) is 0 Å². The summed E-state index contributed by atoms with van der Waals surface area (Å²) in [6.45, 7) is 0. The molecule has 1 aromatic carbocycles. The topological polar surface area (TPSA) is 43.6 Å². The van der Waals surface area contributed by atoms with Crippen LogP contribution in [0.15, 0.2) is 48.2 Å².